The molecule has 1 N–H and O–H groups in total. The van der Waals surface area contributed by atoms with E-state index in [1.54, 1.807) is 59.0 Å². The topological polar surface area (TPSA) is 172 Å². The Kier molecular flexibility index (Phi) is 15.0. The van der Waals surface area contributed by atoms with Crippen LogP contribution in [0.2, 0.25) is 0 Å². The maximum absolute atomic E-state index is 14.8. The molecule has 3 aliphatic heterocycles. The number of Topliss-reactive ketones (excluding diaryl/α,β-unsaturated/α-hetero) is 2. The minimum absolute atomic E-state index is 0.0504. The summed E-state index contributed by atoms with van der Waals surface area (Å²) in [6.07, 6.45) is 3.07. The lowest BCUT2D eigenvalue weighted by atomic mass is 9.73. The number of hydrogen-bond donors (Lipinski definition) is 1. The molecule has 5 rings (SSSR count). The summed E-state index contributed by atoms with van der Waals surface area (Å²) in [7, 11) is 5.21. The fourth-order valence-electron chi connectivity index (χ4n) is 9.69. The monoisotopic (exact) mass is 843 g/mol. The van der Waals surface area contributed by atoms with Crippen LogP contribution in [0.1, 0.15) is 100 Å². The van der Waals surface area contributed by atoms with Crippen LogP contribution in [0.15, 0.2) is 31.0 Å². The Morgan fingerprint density at radius 2 is 1.77 bits per heavy atom. The second kappa shape index (κ2) is 19.1. The minimum atomic E-state index is -1.44. The largest absolute Gasteiger partial charge is 0.458 e. The minimum Gasteiger partial charge on any atom is -0.458 e. The van der Waals surface area contributed by atoms with Gasteiger partial charge in [-0.15, -0.1) is 0 Å². The van der Waals surface area contributed by atoms with E-state index in [0.29, 0.717) is 30.5 Å². The van der Waals surface area contributed by atoms with Crippen molar-refractivity contribution in [2.24, 2.45) is 23.7 Å². The van der Waals surface area contributed by atoms with Crippen LogP contribution in [-0.4, -0.2) is 135 Å². The van der Waals surface area contributed by atoms with E-state index in [9.17, 15) is 28.7 Å². The van der Waals surface area contributed by atoms with E-state index in [1.807, 2.05) is 43.6 Å². The molecule has 0 aliphatic carbocycles. The molecule has 3 fully saturated rings. The number of rotatable bonds is 11. The Balaban J connectivity index is 1.44. The van der Waals surface area contributed by atoms with E-state index in [1.165, 1.54) is 20.1 Å². The number of ketones is 2. The first-order valence-corrected chi connectivity index (χ1v) is 21.3. The van der Waals surface area contributed by atoms with E-state index in [-0.39, 0.29) is 43.4 Å². The van der Waals surface area contributed by atoms with Gasteiger partial charge in [-0.25, -0.2) is 14.2 Å². The van der Waals surface area contributed by atoms with E-state index >= 15 is 0 Å². The van der Waals surface area contributed by atoms with Gasteiger partial charge in [-0.2, -0.15) is 0 Å². The predicted octanol–water partition coefficient (Wildman–Crippen LogP) is 5.63. The maximum Gasteiger partial charge on any atom is 0.410 e. The molecule has 0 radical (unpaired) electrons. The van der Waals surface area contributed by atoms with Gasteiger partial charge in [0.2, 0.25) is 0 Å². The van der Waals surface area contributed by atoms with Gasteiger partial charge in [0.05, 0.1) is 42.1 Å². The Morgan fingerprint density at radius 1 is 1.07 bits per heavy atom. The van der Waals surface area contributed by atoms with Crippen LogP contribution in [0.4, 0.5) is 9.18 Å². The van der Waals surface area contributed by atoms with Gasteiger partial charge in [0.15, 0.2) is 17.7 Å². The number of esters is 1. The number of ether oxygens (including phenoxy) is 5. The number of halogens is 1. The molecule has 0 bridgehead atoms. The first-order chi connectivity index (χ1) is 28.2. The Labute approximate surface area is 353 Å². The van der Waals surface area contributed by atoms with Crippen molar-refractivity contribution < 1.29 is 52.4 Å². The number of pyridine rings is 1. The van der Waals surface area contributed by atoms with Crippen molar-refractivity contribution in [3.05, 3.63) is 36.8 Å². The number of nitrogens with zero attached hydrogens (tertiary/aromatic N) is 5. The third-order valence-electron chi connectivity index (χ3n) is 13.3. The van der Waals surface area contributed by atoms with Crippen LogP contribution in [-0.2, 0) is 38.1 Å². The first kappa shape index (κ1) is 47.2. The lowest BCUT2D eigenvalue weighted by molar-refractivity contribution is -0.295. The first-order valence-electron chi connectivity index (χ1n) is 21.3. The molecule has 0 spiro atoms. The highest BCUT2D eigenvalue weighted by molar-refractivity contribution is 6.00. The highest BCUT2D eigenvalue weighted by Gasteiger charge is 2.60. The number of aliphatic hydroxyl groups excluding tert-OH is 1. The lowest BCUT2D eigenvalue weighted by Gasteiger charge is -2.47. The van der Waals surface area contributed by atoms with Crippen LogP contribution in [0.5, 0.6) is 0 Å². The summed E-state index contributed by atoms with van der Waals surface area (Å²) in [5.41, 5.74) is -1.60. The molecule has 3 saturated heterocycles. The zero-order valence-electron chi connectivity index (χ0n) is 37.3. The van der Waals surface area contributed by atoms with Crippen molar-refractivity contribution in [1.82, 2.24) is 24.3 Å². The number of aromatic nitrogens is 3. The van der Waals surface area contributed by atoms with Gasteiger partial charge in [0.25, 0.3) is 0 Å². The van der Waals surface area contributed by atoms with Crippen LogP contribution >= 0.6 is 0 Å². The number of cyclic esters (lactones) is 1. The van der Waals surface area contributed by atoms with Gasteiger partial charge in [0.1, 0.15) is 29.7 Å². The van der Waals surface area contributed by atoms with Gasteiger partial charge >= 0.3 is 12.1 Å². The summed E-state index contributed by atoms with van der Waals surface area (Å²) < 4.78 is 47.0. The van der Waals surface area contributed by atoms with E-state index < -0.39 is 89.2 Å². The summed E-state index contributed by atoms with van der Waals surface area (Å²) in [6, 6.07) is 0.192. The van der Waals surface area contributed by atoms with Crippen LogP contribution < -0.4 is 0 Å². The zero-order valence-corrected chi connectivity index (χ0v) is 37.3. The van der Waals surface area contributed by atoms with Crippen molar-refractivity contribution in [1.29, 1.82) is 0 Å². The molecule has 2 aromatic heterocycles. The molecule has 60 heavy (non-hydrogen) atoms. The molecule has 0 saturated carbocycles. The summed E-state index contributed by atoms with van der Waals surface area (Å²) in [4.78, 5) is 68.9. The predicted molar refractivity (Wildman–Crippen MR) is 219 cm³/mol. The molecule has 16 heteroatoms. The van der Waals surface area contributed by atoms with E-state index in [0.717, 1.165) is 6.20 Å². The Hall–Kier alpha value is -3.83. The average Bonchev–Trinajstić information content (AvgIpc) is 3.80. The molecule has 3 aliphatic rings. The van der Waals surface area contributed by atoms with Crippen LogP contribution in [0, 0.1) is 29.5 Å². The average molecular weight is 844 g/mol. The van der Waals surface area contributed by atoms with E-state index in [2.05, 4.69) is 9.97 Å². The number of likely N-dealkylation sites (N-methyl/N-ethyl adjacent to an activating group) is 1. The number of fused-ring (bicyclic) bond motifs is 1. The SMILES string of the molecule is CC[C@H]1OC(=O)[C@H](C)C(=O)[C@H](C)[C@@H](OC2O[C@H](C)C[C@H](N(C)C)[C@H]2O)[C@](C)(OC)C[C@@H](C)C(=O)[C@H](C)[C@H]2N(CCC[C@@H](C)n3cnc(-c4cncc(F)c4)c3)C(=O)O[C@]12C. The number of imidazole rings is 1. The Morgan fingerprint density at radius 3 is 2.40 bits per heavy atom. The van der Waals surface area contributed by atoms with Crippen LogP contribution in [0.3, 0.4) is 0 Å². The fourth-order valence-corrected chi connectivity index (χ4v) is 9.69. The second-order valence-corrected chi connectivity index (χ2v) is 18.0. The number of aliphatic hydroxyl groups is 1. The smallest absolute Gasteiger partial charge is 0.410 e. The molecular formula is C44H66FN5O10. The lowest BCUT2D eigenvalue weighted by Crippen LogP contribution is -2.60. The highest BCUT2D eigenvalue weighted by atomic mass is 19.1. The van der Waals surface area contributed by atoms with Gasteiger partial charge in [-0.3, -0.25) is 19.4 Å². The fraction of sp³-hybridized carbons (Fsp3) is 0.727. The summed E-state index contributed by atoms with van der Waals surface area (Å²) >= 11 is 0. The number of hydrogen-bond acceptors (Lipinski definition) is 13. The van der Waals surface area contributed by atoms with Gasteiger partial charge in [0, 0.05) is 61.4 Å². The van der Waals surface area contributed by atoms with Crippen molar-refractivity contribution in [3.8, 4) is 11.3 Å². The quantitative estimate of drug-likeness (QED) is 0.218. The molecule has 14 atom stereocenters. The van der Waals surface area contributed by atoms with Gasteiger partial charge < -0.3 is 43.2 Å². The zero-order chi connectivity index (χ0) is 44.4. The maximum atomic E-state index is 14.8. The molecule has 1 amide bonds. The van der Waals surface area contributed by atoms with Crippen molar-refractivity contribution in [2.45, 2.75) is 154 Å². The Bertz CT molecular complexity index is 1840. The summed E-state index contributed by atoms with van der Waals surface area (Å²) in [6.45, 7) is 16.1. The number of carbonyl (C=O) groups excluding carboxylic acids is 4. The molecule has 334 valence electrons. The van der Waals surface area contributed by atoms with Crippen LogP contribution in [0.25, 0.3) is 11.3 Å². The molecule has 5 heterocycles. The third kappa shape index (κ3) is 9.62. The molecule has 0 aromatic carbocycles. The number of amides is 1. The summed E-state index contributed by atoms with van der Waals surface area (Å²) in [5, 5.41) is 11.5. The molecular weight excluding hydrogens is 778 g/mol. The highest BCUT2D eigenvalue weighted by Crippen LogP contribution is 2.43. The van der Waals surface area contributed by atoms with Crippen molar-refractivity contribution in [3.63, 3.8) is 0 Å². The van der Waals surface area contributed by atoms with Crippen molar-refractivity contribution >= 4 is 23.6 Å². The van der Waals surface area contributed by atoms with Gasteiger partial charge in [-0.05, 0) is 86.9 Å². The number of methoxy groups -OCH3 is 1. The van der Waals surface area contributed by atoms with Gasteiger partial charge in [-0.1, -0.05) is 27.7 Å². The molecule has 1 unspecified atom stereocenters. The standard InChI is InChI=1S/C44H66FN5O10/c1-13-34-44(9)38(50(42(55)60-44)16-14-15-25(3)49-22-32(47-23-49)30-18-31(45)21-46-20-30)27(5)35(51)24(2)19-43(8,56-12)39(28(6)36(52)29(7)40(54)58-34)59-41-37(53)33(48(10)11)17-26(4)57-41/h18,20-29,33-34,37-39,41,53H,13-17,19H2,1-12H3/t24-,25-,26-,27+,28+,29-,33+,34-,37-,38-,39-,41?,43-,44-/m1/s1. The molecule has 2 aromatic rings. The number of carbonyl (C=O) groups is 4. The normalized spacial score (nSPS) is 36.5. The van der Waals surface area contributed by atoms with E-state index in [4.69, 9.17) is 23.7 Å². The second-order valence-electron chi connectivity index (χ2n) is 18.0. The third-order valence-corrected chi connectivity index (χ3v) is 13.3. The van der Waals surface area contributed by atoms with Crippen molar-refractivity contribution in [2.75, 3.05) is 27.7 Å². The summed E-state index contributed by atoms with van der Waals surface area (Å²) in [5.74, 6) is -5.58. The molecule has 15 nitrogen and oxygen atoms in total.